The van der Waals surface area contributed by atoms with Gasteiger partial charge in [0.05, 0.1) is 42.5 Å². The Morgan fingerprint density at radius 3 is 2.47 bits per heavy atom. The second-order valence-corrected chi connectivity index (χ2v) is 10.0. The van der Waals surface area contributed by atoms with E-state index in [9.17, 15) is 13.2 Å². The summed E-state index contributed by atoms with van der Waals surface area (Å²) in [6.45, 7) is 1.27. The zero-order valence-corrected chi connectivity index (χ0v) is 17.4. The van der Waals surface area contributed by atoms with Gasteiger partial charge in [0.15, 0.2) is 15.7 Å². The van der Waals surface area contributed by atoms with Crippen LogP contribution in [0, 0.1) is 0 Å². The van der Waals surface area contributed by atoms with E-state index in [2.05, 4.69) is 20.5 Å². The predicted molar refractivity (Wildman–Crippen MR) is 112 cm³/mol. The van der Waals surface area contributed by atoms with Crippen molar-refractivity contribution in [1.82, 2.24) is 15.3 Å². The molecule has 4 heterocycles. The van der Waals surface area contributed by atoms with Crippen LogP contribution in [0.3, 0.4) is 0 Å². The number of hydrogen-bond acceptors (Lipinski definition) is 7. The molecule has 0 saturated carbocycles. The normalized spacial score (nSPS) is 23.8. The van der Waals surface area contributed by atoms with Crippen LogP contribution in [0.2, 0.25) is 0 Å². The van der Waals surface area contributed by atoms with Crippen LogP contribution in [0.15, 0.2) is 24.3 Å². The molecule has 30 heavy (non-hydrogen) atoms. The predicted octanol–water partition coefficient (Wildman–Crippen LogP) is 1.69. The minimum atomic E-state index is -3.22. The number of amides is 2. The highest BCUT2D eigenvalue weighted by Crippen LogP contribution is 2.39. The zero-order valence-electron chi connectivity index (χ0n) is 16.6. The maximum absolute atomic E-state index is 12.4. The number of anilines is 2. The summed E-state index contributed by atoms with van der Waals surface area (Å²) in [5.74, 6) is 1.17. The molecule has 1 aromatic heterocycles. The smallest absolute Gasteiger partial charge is 0.318 e. The second-order valence-electron chi connectivity index (χ2n) is 7.94. The Morgan fingerprint density at radius 2 is 1.80 bits per heavy atom. The summed E-state index contributed by atoms with van der Waals surface area (Å²) in [6, 6.07) is 7.34. The van der Waals surface area contributed by atoms with Gasteiger partial charge >= 0.3 is 6.03 Å². The molecule has 158 valence electrons. The van der Waals surface area contributed by atoms with E-state index in [1.807, 2.05) is 12.1 Å². The SMILES string of the molecule is CNC(=O)Nc1ccc(-c2nc3c(c(N4C5CCC4COC5)n2)CS(=O)(=O)C3)cc1. The van der Waals surface area contributed by atoms with Crippen LogP contribution < -0.4 is 15.5 Å². The lowest BCUT2D eigenvalue weighted by molar-refractivity contribution is 0.0901. The number of carbonyl (C=O) groups excluding carboxylic acids is 1. The van der Waals surface area contributed by atoms with E-state index in [4.69, 9.17) is 9.72 Å². The molecule has 3 aliphatic rings. The van der Waals surface area contributed by atoms with E-state index < -0.39 is 9.84 Å². The highest BCUT2D eigenvalue weighted by molar-refractivity contribution is 7.90. The molecule has 10 heteroatoms. The molecular formula is C20H23N5O4S. The van der Waals surface area contributed by atoms with Crippen LogP contribution >= 0.6 is 0 Å². The van der Waals surface area contributed by atoms with Crippen molar-refractivity contribution in [1.29, 1.82) is 0 Å². The Bertz CT molecular complexity index is 1090. The average Bonchev–Trinajstić information content (AvgIpc) is 3.17. The number of carbonyl (C=O) groups is 1. The maximum Gasteiger partial charge on any atom is 0.318 e. The molecular weight excluding hydrogens is 406 g/mol. The largest absolute Gasteiger partial charge is 0.377 e. The van der Waals surface area contributed by atoms with Gasteiger partial charge in [0.1, 0.15) is 5.82 Å². The lowest BCUT2D eigenvalue weighted by atomic mass is 10.1. The fourth-order valence-corrected chi connectivity index (χ4v) is 5.97. The van der Waals surface area contributed by atoms with Crippen LogP contribution in [0.25, 0.3) is 11.4 Å². The molecule has 2 saturated heterocycles. The van der Waals surface area contributed by atoms with Crippen molar-refractivity contribution in [2.24, 2.45) is 0 Å². The summed E-state index contributed by atoms with van der Waals surface area (Å²) < 4.78 is 30.4. The number of morpholine rings is 1. The topological polar surface area (TPSA) is 114 Å². The molecule has 1 aromatic carbocycles. The lowest BCUT2D eigenvalue weighted by Crippen LogP contribution is -2.47. The van der Waals surface area contributed by atoms with Gasteiger partial charge in [-0.25, -0.2) is 23.2 Å². The highest BCUT2D eigenvalue weighted by Gasteiger charge is 2.42. The first-order valence-electron chi connectivity index (χ1n) is 9.99. The first-order chi connectivity index (χ1) is 14.4. The van der Waals surface area contributed by atoms with Gasteiger partial charge in [-0.2, -0.15) is 0 Å². The number of sulfone groups is 1. The number of fused-ring (bicyclic) bond motifs is 3. The fraction of sp³-hybridized carbons (Fsp3) is 0.450. The minimum absolute atomic E-state index is 0.0102. The lowest BCUT2D eigenvalue weighted by Gasteiger charge is -2.36. The molecule has 2 bridgehead atoms. The van der Waals surface area contributed by atoms with E-state index in [0.29, 0.717) is 30.4 Å². The van der Waals surface area contributed by atoms with Gasteiger partial charge in [-0.3, -0.25) is 0 Å². The summed E-state index contributed by atoms with van der Waals surface area (Å²) in [6.07, 6.45) is 2.04. The summed E-state index contributed by atoms with van der Waals surface area (Å²) in [7, 11) is -1.67. The number of nitrogens with one attached hydrogen (secondary N) is 2. The first kappa shape index (κ1) is 19.3. The molecule has 5 rings (SSSR count). The van der Waals surface area contributed by atoms with Crippen molar-refractivity contribution in [3.8, 4) is 11.4 Å². The Labute approximate surface area is 174 Å². The summed E-state index contributed by atoms with van der Waals surface area (Å²) >= 11 is 0. The minimum Gasteiger partial charge on any atom is -0.377 e. The van der Waals surface area contributed by atoms with Gasteiger partial charge in [0, 0.05) is 23.9 Å². The van der Waals surface area contributed by atoms with Crippen molar-refractivity contribution in [3.05, 3.63) is 35.5 Å². The zero-order chi connectivity index (χ0) is 20.9. The Balaban J connectivity index is 1.55. The first-order valence-corrected chi connectivity index (χ1v) is 11.8. The van der Waals surface area contributed by atoms with E-state index >= 15 is 0 Å². The van der Waals surface area contributed by atoms with Crippen molar-refractivity contribution in [3.63, 3.8) is 0 Å². The van der Waals surface area contributed by atoms with E-state index in [-0.39, 0.29) is 29.6 Å². The number of nitrogens with zero attached hydrogens (tertiary/aromatic N) is 3. The van der Waals surface area contributed by atoms with Gasteiger partial charge in [0.2, 0.25) is 0 Å². The summed E-state index contributed by atoms with van der Waals surface area (Å²) in [5.41, 5.74) is 2.74. The number of aromatic nitrogens is 2. The molecule has 0 radical (unpaired) electrons. The van der Waals surface area contributed by atoms with E-state index in [1.165, 1.54) is 0 Å². The molecule has 0 spiro atoms. The van der Waals surface area contributed by atoms with E-state index in [1.54, 1.807) is 19.2 Å². The Morgan fingerprint density at radius 1 is 1.10 bits per heavy atom. The third-order valence-corrected chi connectivity index (χ3v) is 7.35. The number of benzene rings is 1. The monoisotopic (exact) mass is 429 g/mol. The molecule has 3 aliphatic heterocycles. The third-order valence-electron chi connectivity index (χ3n) is 5.90. The molecule has 2 fully saturated rings. The molecule has 2 unspecified atom stereocenters. The number of hydrogen-bond donors (Lipinski definition) is 2. The molecule has 9 nitrogen and oxygen atoms in total. The van der Waals surface area contributed by atoms with Crippen LogP contribution in [0.5, 0.6) is 0 Å². The number of urea groups is 1. The number of ether oxygens (including phenoxy) is 1. The molecule has 0 aliphatic carbocycles. The standard InChI is InChI=1S/C20H23N5O4S/c1-21-20(26)22-13-4-2-12(3-5-13)18-23-17-11-30(27,28)10-16(17)19(24-18)25-14-6-7-15(25)9-29-8-14/h2-5,14-15H,6-11H2,1H3,(H2,21,22,26). The van der Waals surface area contributed by atoms with E-state index in [0.717, 1.165) is 29.8 Å². The Hall–Kier alpha value is -2.72. The van der Waals surface area contributed by atoms with Crippen molar-refractivity contribution < 1.29 is 17.9 Å². The second kappa shape index (κ2) is 7.21. The van der Waals surface area contributed by atoms with Gasteiger partial charge in [-0.05, 0) is 37.1 Å². The highest BCUT2D eigenvalue weighted by atomic mass is 32.2. The van der Waals surface area contributed by atoms with Gasteiger partial charge in [-0.1, -0.05) is 0 Å². The van der Waals surface area contributed by atoms with Crippen molar-refractivity contribution in [2.75, 3.05) is 30.5 Å². The number of rotatable bonds is 3. The quantitative estimate of drug-likeness (QED) is 0.763. The molecule has 2 amide bonds. The summed E-state index contributed by atoms with van der Waals surface area (Å²) in [5, 5.41) is 5.22. The summed E-state index contributed by atoms with van der Waals surface area (Å²) in [4.78, 5) is 23.2. The molecule has 2 atom stereocenters. The third kappa shape index (κ3) is 3.39. The van der Waals surface area contributed by atoms with Gasteiger partial charge in [0.25, 0.3) is 0 Å². The Kier molecular flexibility index (Phi) is 4.62. The molecule has 2 aromatic rings. The van der Waals surface area contributed by atoms with Crippen LogP contribution in [-0.2, 0) is 26.1 Å². The van der Waals surface area contributed by atoms with Crippen LogP contribution in [0.4, 0.5) is 16.3 Å². The van der Waals surface area contributed by atoms with Crippen LogP contribution in [0.1, 0.15) is 24.1 Å². The van der Waals surface area contributed by atoms with Gasteiger partial charge < -0.3 is 20.3 Å². The van der Waals surface area contributed by atoms with Gasteiger partial charge in [-0.15, -0.1) is 0 Å². The fourth-order valence-electron chi connectivity index (χ4n) is 4.48. The van der Waals surface area contributed by atoms with Crippen LogP contribution in [-0.4, -0.2) is 56.8 Å². The van der Waals surface area contributed by atoms with Crippen molar-refractivity contribution in [2.45, 2.75) is 36.4 Å². The molecule has 2 N–H and O–H groups in total. The maximum atomic E-state index is 12.4. The average molecular weight is 430 g/mol. The van der Waals surface area contributed by atoms with Crippen molar-refractivity contribution >= 4 is 27.4 Å².